The molecule has 1 aromatic carbocycles. The molecule has 19 heavy (non-hydrogen) atoms. The minimum atomic E-state index is -0.196. The summed E-state index contributed by atoms with van der Waals surface area (Å²) in [5.74, 6) is 0.646. The molecule has 1 fully saturated rings. The molecule has 0 saturated heterocycles. The number of aryl methyl sites for hydroxylation is 1. The lowest BCUT2D eigenvalue weighted by Crippen LogP contribution is -2.45. The Morgan fingerprint density at radius 3 is 2.89 bits per heavy atom. The van der Waals surface area contributed by atoms with Gasteiger partial charge in [-0.15, -0.1) is 0 Å². The van der Waals surface area contributed by atoms with E-state index in [0.717, 1.165) is 30.5 Å². The normalized spacial score (nSPS) is 26.7. The lowest BCUT2D eigenvalue weighted by molar-refractivity contribution is 0.149. The van der Waals surface area contributed by atoms with Crippen molar-refractivity contribution in [3.05, 3.63) is 29.3 Å². The third-order valence-electron chi connectivity index (χ3n) is 4.15. The van der Waals surface area contributed by atoms with E-state index in [1.165, 1.54) is 6.42 Å². The molecule has 0 aliphatic heterocycles. The van der Waals surface area contributed by atoms with Gasteiger partial charge in [-0.1, -0.05) is 19.8 Å². The van der Waals surface area contributed by atoms with E-state index in [0.29, 0.717) is 11.5 Å². The van der Waals surface area contributed by atoms with Gasteiger partial charge in [-0.2, -0.15) is 5.26 Å². The average Bonchev–Trinajstić information content (AvgIpc) is 2.39. The number of benzene rings is 1. The van der Waals surface area contributed by atoms with Crippen molar-refractivity contribution in [1.82, 2.24) is 0 Å². The largest absolute Gasteiger partial charge is 0.394 e. The Morgan fingerprint density at radius 1 is 1.53 bits per heavy atom. The van der Waals surface area contributed by atoms with E-state index >= 15 is 0 Å². The number of hydrogen-bond donors (Lipinski definition) is 2. The molecule has 1 saturated carbocycles. The molecule has 1 aliphatic carbocycles. The van der Waals surface area contributed by atoms with Crippen molar-refractivity contribution in [2.24, 2.45) is 5.92 Å². The second-order valence-corrected chi connectivity index (χ2v) is 5.91. The van der Waals surface area contributed by atoms with E-state index in [-0.39, 0.29) is 12.1 Å². The highest BCUT2D eigenvalue weighted by Crippen LogP contribution is 2.35. The lowest BCUT2D eigenvalue weighted by Gasteiger charge is -2.40. The van der Waals surface area contributed by atoms with Crippen LogP contribution in [0.1, 0.15) is 43.7 Å². The standard InChI is InChI=1S/C16H22N2O/c1-12-4-3-7-16(9-12,11-19)18-15-6-5-14(10-17)13(2)8-15/h5-6,8,12,18-19H,3-4,7,9,11H2,1-2H3. The molecule has 0 heterocycles. The second kappa shape index (κ2) is 5.63. The number of nitrogens with one attached hydrogen (secondary N) is 1. The molecule has 1 aromatic rings. The smallest absolute Gasteiger partial charge is 0.0994 e. The van der Waals surface area contributed by atoms with Crippen LogP contribution in [0, 0.1) is 24.2 Å². The minimum Gasteiger partial charge on any atom is -0.394 e. The molecule has 2 rings (SSSR count). The van der Waals surface area contributed by atoms with Crippen LogP contribution >= 0.6 is 0 Å². The summed E-state index contributed by atoms with van der Waals surface area (Å²) in [6.45, 7) is 4.35. The van der Waals surface area contributed by atoms with Crippen LogP contribution in [0.15, 0.2) is 18.2 Å². The first-order valence-corrected chi connectivity index (χ1v) is 6.98. The number of nitriles is 1. The Hall–Kier alpha value is -1.53. The zero-order chi connectivity index (χ0) is 13.9. The molecule has 1 aliphatic rings. The molecule has 0 aromatic heterocycles. The number of nitrogens with zero attached hydrogens (tertiary/aromatic N) is 1. The van der Waals surface area contributed by atoms with Crippen LogP contribution in [-0.4, -0.2) is 17.3 Å². The van der Waals surface area contributed by atoms with Gasteiger partial charge in [-0.25, -0.2) is 0 Å². The van der Waals surface area contributed by atoms with Crippen molar-refractivity contribution >= 4 is 5.69 Å². The Bertz CT molecular complexity index is 492. The summed E-state index contributed by atoms with van der Waals surface area (Å²) in [7, 11) is 0. The number of rotatable bonds is 3. The van der Waals surface area contributed by atoms with Crippen LogP contribution in [0.5, 0.6) is 0 Å². The molecule has 0 bridgehead atoms. The zero-order valence-electron chi connectivity index (χ0n) is 11.7. The van der Waals surface area contributed by atoms with Crippen molar-refractivity contribution in [2.45, 2.75) is 45.1 Å². The zero-order valence-corrected chi connectivity index (χ0v) is 11.7. The van der Waals surface area contributed by atoms with Gasteiger partial charge in [0.25, 0.3) is 0 Å². The number of aliphatic hydroxyl groups is 1. The highest BCUT2D eigenvalue weighted by molar-refractivity contribution is 5.53. The fourth-order valence-corrected chi connectivity index (χ4v) is 3.13. The van der Waals surface area contributed by atoms with Gasteiger partial charge in [0, 0.05) is 5.69 Å². The monoisotopic (exact) mass is 258 g/mol. The van der Waals surface area contributed by atoms with Crippen LogP contribution in [0.4, 0.5) is 5.69 Å². The average molecular weight is 258 g/mol. The van der Waals surface area contributed by atoms with Crippen LogP contribution in [0.3, 0.4) is 0 Å². The predicted octanol–water partition coefficient (Wildman–Crippen LogP) is 3.22. The summed E-state index contributed by atoms with van der Waals surface area (Å²) in [5.41, 5.74) is 2.49. The van der Waals surface area contributed by atoms with E-state index in [1.807, 2.05) is 25.1 Å². The molecule has 0 radical (unpaired) electrons. The van der Waals surface area contributed by atoms with Crippen LogP contribution in [0.2, 0.25) is 0 Å². The summed E-state index contributed by atoms with van der Waals surface area (Å²) in [4.78, 5) is 0. The molecular weight excluding hydrogens is 236 g/mol. The fraction of sp³-hybridized carbons (Fsp3) is 0.562. The first-order chi connectivity index (χ1) is 9.08. The van der Waals surface area contributed by atoms with Crippen molar-refractivity contribution in [3.8, 4) is 6.07 Å². The van der Waals surface area contributed by atoms with Crippen LogP contribution in [-0.2, 0) is 0 Å². The van der Waals surface area contributed by atoms with E-state index in [2.05, 4.69) is 18.3 Å². The highest BCUT2D eigenvalue weighted by Gasteiger charge is 2.34. The molecule has 3 heteroatoms. The van der Waals surface area contributed by atoms with E-state index < -0.39 is 0 Å². The molecule has 102 valence electrons. The van der Waals surface area contributed by atoms with Gasteiger partial charge in [0.2, 0.25) is 0 Å². The molecule has 0 amide bonds. The Balaban J connectivity index is 2.19. The quantitative estimate of drug-likeness (QED) is 0.875. The van der Waals surface area contributed by atoms with E-state index in [1.54, 1.807) is 0 Å². The maximum Gasteiger partial charge on any atom is 0.0994 e. The summed E-state index contributed by atoms with van der Waals surface area (Å²) in [5, 5.41) is 22.2. The Kier molecular flexibility index (Phi) is 4.11. The number of anilines is 1. The van der Waals surface area contributed by atoms with Crippen molar-refractivity contribution < 1.29 is 5.11 Å². The van der Waals surface area contributed by atoms with Crippen molar-refractivity contribution in [2.75, 3.05) is 11.9 Å². The fourth-order valence-electron chi connectivity index (χ4n) is 3.13. The first kappa shape index (κ1) is 13.9. The van der Waals surface area contributed by atoms with Gasteiger partial charge < -0.3 is 10.4 Å². The summed E-state index contributed by atoms with van der Waals surface area (Å²) in [6, 6.07) is 7.95. The molecule has 2 atom stereocenters. The third-order valence-corrected chi connectivity index (χ3v) is 4.15. The maximum absolute atomic E-state index is 9.78. The molecular formula is C16H22N2O. The van der Waals surface area contributed by atoms with Crippen molar-refractivity contribution in [1.29, 1.82) is 5.26 Å². The van der Waals surface area contributed by atoms with Gasteiger partial charge in [0.1, 0.15) is 0 Å². The van der Waals surface area contributed by atoms with Gasteiger partial charge in [-0.05, 0) is 49.4 Å². The third kappa shape index (κ3) is 3.08. The highest BCUT2D eigenvalue weighted by atomic mass is 16.3. The Morgan fingerprint density at radius 2 is 2.32 bits per heavy atom. The minimum absolute atomic E-state index is 0.163. The van der Waals surface area contributed by atoms with Crippen LogP contribution in [0.25, 0.3) is 0 Å². The summed E-state index contributed by atoms with van der Waals surface area (Å²) in [6.07, 6.45) is 4.41. The van der Waals surface area contributed by atoms with Gasteiger partial charge in [-0.3, -0.25) is 0 Å². The van der Waals surface area contributed by atoms with Gasteiger partial charge in [0.05, 0.1) is 23.8 Å². The molecule has 3 nitrogen and oxygen atoms in total. The predicted molar refractivity (Wildman–Crippen MR) is 77.0 cm³/mol. The molecule has 2 N–H and O–H groups in total. The Labute approximate surface area is 115 Å². The topological polar surface area (TPSA) is 56.0 Å². The van der Waals surface area contributed by atoms with Crippen LogP contribution < -0.4 is 5.32 Å². The molecule has 0 spiro atoms. The first-order valence-electron chi connectivity index (χ1n) is 6.98. The summed E-state index contributed by atoms with van der Waals surface area (Å²) < 4.78 is 0. The second-order valence-electron chi connectivity index (χ2n) is 5.91. The molecule has 2 unspecified atom stereocenters. The van der Waals surface area contributed by atoms with Crippen molar-refractivity contribution in [3.63, 3.8) is 0 Å². The van der Waals surface area contributed by atoms with E-state index in [9.17, 15) is 5.11 Å². The maximum atomic E-state index is 9.78. The SMILES string of the molecule is Cc1cc(NC2(CO)CCCC(C)C2)ccc1C#N. The number of aliphatic hydroxyl groups excluding tert-OH is 1. The summed E-state index contributed by atoms with van der Waals surface area (Å²) >= 11 is 0. The van der Waals surface area contributed by atoms with E-state index in [4.69, 9.17) is 5.26 Å². The van der Waals surface area contributed by atoms with Gasteiger partial charge >= 0.3 is 0 Å². The lowest BCUT2D eigenvalue weighted by atomic mass is 9.76. The van der Waals surface area contributed by atoms with Gasteiger partial charge in [0.15, 0.2) is 0 Å². The number of hydrogen-bond acceptors (Lipinski definition) is 3.